The van der Waals surface area contributed by atoms with Crippen molar-refractivity contribution in [3.05, 3.63) is 53.6 Å². The molecule has 1 N–H and O–H groups in total. The highest BCUT2D eigenvalue weighted by molar-refractivity contribution is 5.97. The molecule has 2 atom stereocenters. The molecule has 33 heavy (non-hydrogen) atoms. The maximum Gasteiger partial charge on any atom is 0.414 e. The number of amides is 2. The van der Waals surface area contributed by atoms with Crippen LogP contribution in [0.1, 0.15) is 42.6 Å². The van der Waals surface area contributed by atoms with Crippen molar-refractivity contribution in [1.29, 1.82) is 0 Å². The second-order valence-corrected chi connectivity index (χ2v) is 8.50. The highest BCUT2D eigenvalue weighted by atomic mass is 16.6. The number of aliphatic hydroxyl groups excluding tert-OH is 1. The highest BCUT2D eigenvalue weighted by Crippen LogP contribution is 2.33. The lowest BCUT2D eigenvalue weighted by Gasteiger charge is -2.40. The van der Waals surface area contributed by atoms with E-state index in [1.807, 2.05) is 24.3 Å². The number of hydrogen-bond donors (Lipinski definition) is 1. The van der Waals surface area contributed by atoms with Crippen LogP contribution in [0.15, 0.2) is 42.5 Å². The molecule has 1 saturated heterocycles. The predicted octanol–water partition coefficient (Wildman–Crippen LogP) is 3.60. The van der Waals surface area contributed by atoms with Crippen LogP contribution in [-0.4, -0.2) is 60.5 Å². The van der Waals surface area contributed by atoms with Gasteiger partial charge in [-0.05, 0) is 44.9 Å². The summed E-state index contributed by atoms with van der Waals surface area (Å²) in [4.78, 5) is 29.3. The maximum absolute atomic E-state index is 13.2. The van der Waals surface area contributed by atoms with Gasteiger partial charge in [-0.1, -0.05) is 18.2 Å². The first kappa shape index (κ1) is 22.9. The largest absolute Gasteiger partial charge is 0.496 e. The van der Waals surface area contributed by atoms with Crippen molar-refractivity contribution in [2.45, 2.75) is 51.5 Å². The number of benzene rings is 2. The van der Waals surface area contributed by atoms with Gasteiger partial charge in [0.25, 0.3) is 5.91 Å². The molecule has 2 heterocycles. The molecule has 4 rings (SSSR count). The number of fused-ring (bicyclic) bond motifs is 1. The molecule has 8 heteroatoms. The molecule has 0 radical (unpaired) electrons. The van der Waals surface area contributed by atoms with E-state index in [1.54, 1.807) is 41.8 Å². The lowest BCUT2D eigenvalue weighted by atomic mass is 10.00. The molecule has 0 aromatic heterocycles. The third kappa shape index (κ3) is 4.75. The van der Waals surface area contributed by atoms with Gasteiger partial charge in [0.15, 0.2) is 0 Å². The van der Waals surface area contributed by atoms with Crippen molar-refractivity contribution < 1.29 is 28.9 Å². The number of methoxy groups -OCH3 is 1. The molecule has 1 fully saturated rings. The lowest BCUT2D eigenvalue weighted by molar-refractivity contribution is 0.0601. The first-order chi connectivity index (χ1) is 15.9. The maximum atomic E-state index is 13.2. The van der Waals surface area contributed by atoms with Gasteiger partial charge in [0.05, 0.1) is 24.5 Å². The third-order valence-corrected chi connectivity index (χ3v) is 6.32. The monoisotopic (exact) mass is 454 g/mol. The van der Waals surface area contributed by atoms with Crippen LogP contribution in [0.3, 0.4) is 0 Å². The van der Waals surface area contributed by atoms with Gasteiger partial charge in [-0.15, -0.1) is 0 Å². The van der Waals surface area contributed by atoms with E-state index in [-0.39, 0.29) is 24.1 Å². The number of anilines is 1. The number of ether oxygens (including phenoxy) is 3. The Labute approximate surface area is 193 Å². The molecule has 2 unspecified atom stereocenters. The Bertz CT molecular complexity index is 1020. The van der Waals surface area contributed by atoms with Crippen LogP contribution >= 0.6 is 0 Å². The minimum atomic E-state index is -0.622. The minimum Gasteiger partial charge on any atom is -0.496 e. The molecule has 2 aliphatic heterocycles. The zero-order chi connectivity index (χ0) is 23.5. The van der Waals surface area contributed by atoms with E-state index >= 15 is 0 Å². The molecule has 2 aromatic carbocycles. The minimum absolute atomic E-state index is 0.0253. The zero-order valence-corrected chi connectivity index (χ0v) is 19.2. The fourth-order valence-corrected chi connectivity index (χ4v) is 4.25. The summed E-state index contributed by atoms with van der Waals surface area (Å²) >= 11 is 0. The van der Waals surface area contributed by atoms with Gasteiger partial charge in [0.1, 0.15) is 24.2 Å². The molecule has 0 spiro atoms. The first-order valence-electron chi connectivity index (χ1n) is 11.2. The number of nitrogens with zero attached hydrogens (tertiary/aromatic N) is 2. The third-order valence-electron chi connectivity index (χ3n) is 6.32. The number of likely N-dealkylation sites (tertiary alicyclic amines) is 1. The second kappa shape index (κ2) is 9.70. The van der Waals surface area contributed by atoms with E-state index in [0.29, 0.717) is 49.6 Å². The van der Waals surface area contributed by atoms with Crippen LogP contribution in [0.2, 0.25) is 0 Å². The summed E-state index contributed by atoms with van der Waals surface area (Å²) in [6.45, 7) is 4.77. The fourth-order valence-electron chi connectivity index (χ4n) is 4.25. The smallest absolute Gasteiger partial charge is 0.414 e. The molecular formula is C25H30N2O6. The highest BCUT2D eigenvalue weighted by Gasteiger charge is 2.35. The van der Waals surface area contributed by atoms with E-state index in [4.69, 9.17) is 14.2 Å². The van der Waals surface area contributed by atoms with Gasteiger partial charge in [0.2, 0.25) is 0 Å². The van der Waals surface area contributed by atoms with E-state index in [2.05, 4.69) is 0 Å². The SMILES string of the molecule is COc1cc(OC(C)C(C)O)ccc1C(=O)N1CCC(N2C(=O)OCc3ccccc32)CC1. The molecule has 176 valence electrons. The number of cyclic esters (lactones) is 1. The van der Waals surface area contributed by atoms with Crippen molar-refractivity contribution >= 4 is 17.7 Å². The van der Waals surface area contributed by atoms with Crippen LogP contribution in [0.25, 0.3) is 0 Å². The standard InChI is InChI=1S/C25H30N2O6/c1-16(28)17(2)33-20-8-9-21(23(14-20)31-3)24(29)26-12-10-19(11-13-26)27-22-7-5-4-6-18(22)15-32-25(27)30/h4-9,14,16-17,19,28H,10-13,15H2,1-3H3. The van der Waals surface area contributed by atoms with Gasteiger partial charge < -0.3 is 24.2 Å². The number of aliphatic hydroxyl groups is 1. The predicted molar refractivity (Wildman–Crippen MR) is 123 cm³/mol. The van der Waals surface area contributed by atoms with Crippen molar-refractivity contribution in [1.82, 2.24) is 4.90 Å². The topological polar surface area (TPSA) is 88.5 Å². The molecule has 0 aliphatic carbocycles. The number of hydrogen-bond acceptors (Lipinski definition) is 6. The molecule has 2 amide bonds. The number of para-hydroxylation sites is 1. The van der Waals surface area contributed by atoms with E-state index in [9.17, 15) is 14.7 Å². The van der Waals surface area contributed by atoms with E-state index in [0.717, 1.165) is 11.3 Å². The van der Waals surface area contributed by atoms with Crippen molar-refractivity contribution in [3.8, 4) is 11.5 Å². The summed E-state index contributed by atoms with van der Waals surface area (Å²) < 4.78 is 16.5. The summed E-state index contributed by atoms with van der Waals surface area (Å²) in [6.07, 6.45) is -0.0263. The van der Waals surface area contributed by atoms with Gasteiger partial charge in [-0.3, -0.25) is 9.69 Å². The summed E-state index contributed by atoms with van der Waals surface area (Å²) in [5, 5.41) is 9.66. The van der Waals surface area contributed by atoms with Crippen molar-refractivity contribution in [2.75, 3.05) is 25.1 Å². The average Bonchev–Trinajstić information content (AvgIpc) is 2.83. The van der Waals surface area contributed by atoms with Crippen LogP contribution in [0.4, 0.5) is 10.5 Å². The normalized spacial score (nSPS) is 18.2. The zero-order valence-electron chi connectivity index (χ0n) is 19.2. The lowest BCUT2D eigenvalue weighted by Crippen LogP contribution is -2.50. The quantitative estimate of drug-likeness (QED) is 0.718. The van der Waals surface area contributed by atoms with Crippen LogP contribution in [-0.2, 0) is 11.3 Å². The molecule has 0 saturated carbocycles. The Morgan fingerprint density at radius 2 is 1.88 bits per heavy atom. The Kier molecular flexibility index (Phi) is 6.74. The average molecular weight is 455 g/mol. The molecule has 8 nitrogen and oxygen atoms in total. The Balaban J connectivity index is 1.44. The Hall–Kier alpha value is -3.26. The number of carbonyl (C=O) groups is 2. The first-order valence-corrected chi connectivity index (χ1v) is 11.2. The van der Waals surface area contributed by atoms with Crippen molar-refractivity contribution in [3.63, 3.8) is 0 Å². The summed E-state index contributed by atoms with van der Waals surface area (Å²) in [5.41, 5.74) is 2.34. The molecule has 0 bridgehead atoms. The van der Waals surface area contributed by atoms with E-state index in [1.165, 1.54) is 7.11 Å². The Morgan fingerprint density at radius 1 is 1.15 bits per heavy atom. The number of carbonyl (C=O) groups excluding carboxylic acids is 2. The summed E-state index contributed by atoms with van der Waals surface area (Å²) in [5.74, 6) is 0.825. The van der Waals surface area contributed by atoms with Gasteiger partial charge >= 0.3 is 6.09 Å². The van der Waals surface area contributed by atoms with Crippen LogP contribution in [0, 0.1) is 0 Å². The Morgan fingerprint density at radius 3 is 2.58 bits per heavy atom. The fraction of sp³-hybridized carbons (Fsp3) is 0.440. The number of piperidine rings is 1. The molecule has 2 aromatic rings. The summed E-state index contributed by atoms with van der Waals surface area (Å²) in [6, 6.07) is 12.8. The van der Waals surface area contributed by atoms with E-state index < -0.39 is 6.10 Å². The van der Waals surface area contributed by atoms with Gasteiger partial charge in [-0.2, -0.15) is 0 Å². The summed E-state index contributed by atoms with van der Waals surface area (Å²) in [7, 11) is 1.51. The van der Waals surface area contributed by atoms with Gasteiger partial charge in [-0.25, -0.2) is 4.79 Å². The van der Waals surface area contributed by atoms with Gasteiger partial charge in [0, 0.05) is 30.8 Å². The molecule has 2 aliphatic rings. The molecular weight excluding hydrogens is 424 g/mol. The van der Waals surface area contributed by atoms with Crippen molar-refractivity contribution in [2.24, 2.45) is 0 Å². The van der Waals surface area contributed by atoms with Crippen LogP contribution < -0.4 is 14.4 Å². The number of rotatable bonds is 6. The second-order valence-electron chi connectivity index (χ2n) is 8.50. The van der Waals surface area contributed by atoms with Crippen LogP contribution in [0.5, 0.6) is 11.5 Å².